The van der Waals surface area contributed by atoms with E-state index < -0.39 is 44.0 Å². The minimum absolute atomic E-state index is 0.145. The second-order valence-corrected chi connectivity index (χ2v) is 6.83. The lowest BCUT2D eigenvalue weighted by molar-refractivity contribution is -0.140. The molecule has 0 heterocycles. The van der Waals surface area contributed by atoms with E-state index in [9.17, 15) is 30.8 Å². The van der Waals surface area contributed by atoms with Gasteiger partial charge in [0.2, 0.25) is 0 Å². The van der Waals surface area contributed by atoms with Gasteiger partial charge in [-0.25, -0.2) is 17.6 Å². The summed E-state index contributed by atoms with van der Waals surface area (Å²) in [5.74, 6) is -3.04. The summed E-state index contributed by atoms with van der Waals surface area (Å²) in [5.41, 5.74) is -2.38. The van der Waals surface area contributed by atoms with Crippen molar-refractivity contribution in [1.82, 2.24) is 0 Å². The molecule has 0 aliphatic rings. The van der Waals surface area contributed by atoms with Crippen LogP contribution in [0, 0.1) is 5.82 Å². The first-order chi connectivity index (χ1) is 11.4. The summed E-state index contributed by atoms with van der Waals surface area (Å²) in [7, 11) is -4.52. The summed E-state index contributed by atoms with van der Waals surface area (Å²) in [6, 6.07) is 4.31. The first kappa shape index (κ1) is 19.0. The Morgan fingerprint density at radius 3 is 2.32 bits per heavy atom. The Labute approximate surface area is 143 Å². The second kappa shape index (κ2) is 6.52. The Bertz CT molecular complexity index is 944. The van der Waals surface area contributed by atoms with Gasteiger partial charge in [-0.1, -0.05) is 11.6 Å². The van der Waals surface area contributed by atoms with Gasteiger partial charge in [-0.15, -0.1) is 0 Å². The molecule has 0 saturated heterocycles. The van der Waals surface area contributed by atoms with E-state index in [1.54, 1.807) is 0 Å². The van der Waals surface area contributed by atoms with Crippen molar-refractivity contribution >= 4 is 33.3 Å². The van der Waals surface area contributed by atoms with Crippen LogP contribution in [0.25, 0.3) is 0 Å². The maximum absolute atomic E-state index is 13.3. The van der Waals surface area contributed by atoms with E-state index in [1.165, 1.54) is 0 Å². The van der Waals surface area contributed by atoms with Crippen LogP contribution < -0.4 is 4.72 Å². The summed E-state index contributed by atoms with van der Waals surface area (Å²) in [6.45, 7) is 0. The normalized spacial score (nSPS) is 12.0. The van der Waals surface area contributed by atoms with Crippen molar-refractivity contribution in [2.75, 3.05) is 4.72 Å². The molecule has 0 unspecified atom stereocenters. The lowest BCUT2D eigenvalue weighted by atomic mass is 10.2. The average molecular weight is 398 g/mol. The quantitative estimate of drug-likeness (QED) is 0.764. The van der Waals surface area contributed by atoms with Crippen LogP contribution in [-0.2, 0) is 16.2 Å². The third-order valence-electron chi connectivity index (χ3n) is 3.00. The fourth-order valence-corrected chi connectivity index (χ4v) is 3.13. The van der Waals surface area contributed by atoms with Crippen LogP contribution >= 0.6 is 11.6 Å². The van der Waals surface area contributed by atoms with Gasteiger partial charge in [-0.2, -0.15) is 13.2 Å². The van der Waals surface area contributed by atoms with Crippen molar-refractivity contribution in [3.63, 3.8) is 0 Å². The van der Waals surface area contributed by atoms with E-state index in [4.69, 9.17) is 16.7 Å². The molecule has 0 radical (unpaired) electrons. The lowest BCUT2D eigenvalue weighted by Gasteiger charge is -2.12. The molecule has 0 amide bonds. The SMILES string of the molecule is O=C(O)c1cc(NS(=O)(=O)c2ccc(F)c(C(F)(F)F)c2)ccc1Cl. The molecule has 134 valence electrons. The largest absolute Gasteiger partial charge is 0.478 e. The van der Waals surface area contributed by atoms with Crippen LogP contribution in [0.3, 0.4) is 0 Å². The number of hydrogen-bond donors (Lipinski definition) is 2. The van der Waals surface area contributed by atoms with Gasteiger partial charge in [0.15, 0.2) is 0 Å². The first-order valence-corrected chi connectivity index (χ1v) is 8.20. The Hall–Kier alpha value is -2.33. The topological polar surface area (TPSA) is 83.5 Å². The van der Waals surface area contributed by atoms with Gasteiger partial charge in [0, 0.05) is 5.69 Å². The van der Waals surface area contributed by atoms with Gasteiger partial charge in [0.1, 0.15) is 5.82 Å². The fourth-order valence-electron chi connectivity index (χ4n) is 1.86. The second-order valence-electron chi connectivity index (χ2n) is 4.74. The van der Waals surface area contributed by atoms with Crippen molar-refractivity contribution < 1.29 is 35.9 Å². The van der Waals surface area contributed by atoms with Crippen LogP contribution in [0.15, 0.2) is 41.3 Å². The number of carbonyl (C=O) groups is 1. The molecule has 0 fully saturated rings. The number of carboxylic acid groups (broad SMARTS) is 1. The number of aromatic carboxylic acids is 1. The molecule has 0 aromatic heterocycles. The summed E-state index contributed by atoms with van der Waals surface area (Å²) in [4.78, 5) is 10.1. The number of hydrogen-bond acceptors (Lipinski definition) is 3. The number of nitrogens with one attached hydrogen (secondary N) is 1. The number of halogens is 5. The predicted octanol–water partition coefficient (Wildman–Crippen LogP) is 4.00. The summed E-state index contributed by atoms with van der Waals surface area (Å²) in [5, 5.41) is 8.78. The van der Waals surface area contributed by atoms with Crippen LogP contribution in [0.1, 0.15) is 15.9 Å². The van der Waals surface area contributed by atoms with Crippen molar-refractivity contribution in [3.05, 3.63) is 58.4 Å². The molecule has 2 aromatic carbocycles. The Morgan fingerprint density at radius 2 is 1.76 bits per heavy atom. The highest BCUT2D eigenvalue weighted by atomic mass is 35.5. The molecular formula is C14H8ClF4NO4S. The molecule has 2 rings (SSSR count). The van der Waals surface area contributed by atoms with Gasteiger partial charge in [-0.3, -0.25) is 4.72 Å². The molecule has 0 bridgehead atoms. The van der Waals surface area contributed by atoms with E-state index >= 15 is 0 Å². The number of rotatable bonds is 4. The van der Waals surface area contributed by atoms with Crippen molar-refractivity contribution in [2.24, 2.45) is 0 Å². The lowest BCUT2D eigenvalue weighted by Crippen LogP contribution is -2.16. The van der Waals surface area contributed by atoms with Crippen molar-refractivity contribution in [2.45, 2.75) is 11.1 Å². The number of carboxylic acids is 1. The fraction of sp³-hybridized carbons (Fsp3) is 0.0714. The maximum Gasteiger partial charge on any atom is 0.419 e. The molecule has 2 N–H and O–H groups in total. The van der Waals surface area contributed by atoms with E-state index in [1.807, 2.05) is 4.72 Å². The third kappa shape index (κ3) is 4.20. The first-order valence-electron chi connectivity index (χ1n) is 6.34. The number of anilines is 1. The summed E-state index contributed by atoms with van der Waals surface area (Å²) in [6.07, 6.45) is -5.08. The van der Waals surface area contributed by atoms with Crippen LogP contribution in [-0.4, -0.2) is 19.5 Å². The molecule has 0 aliphatic heterocycles. The molecule has 0 spiro atoms. The maximum atomic E-state index is 13.3. The van der Waals surface area contributed by atoms with Crippen molar-refractivity contribution in [1.29, 1.82) is 0 Å². The van der Waals surface area contributed by atoms with Crippen molar-refractivity contribution in [3.8, 4) is 0 Å². The van der Waals surface area contributed by atoms with E-state index in [0.29, 0.717) is 12.1 Å². The number of sulfonamides is 1. The Balaban J connectivity index is 2.44. The third-order valence-corrected chi connectivity index (χ3v) is 4.71. The smallest absolute Gasteiger partial charge is 0.419 e. The highest BCUT2D eigenvalue weighted by Crippen LogP contribution is 2.33. The monoisotopic (exact) mass is 397 g/mol. The molecule has 2 aromatic rings. The van der Waals surface area contributed by atoms with E-state index in [2.05, 4.69) is 0 Å². The van der Waals surface area contributed by atoms with E-state index in [-0.39, 0.29) is 16.8 Å². The molecule has 25 heavy (non-hydrogen) atoms. The zero-order valence-corrected chi connectivity index (χ0v) is 13.5. The minimum atomic E-state index is -5.08. The van der Waals surface area contributed by atoms with Gasteiger partial charge < -0.3 is 5.11 Å². The van der Waals surface area contributed by atoms with Crippen LogP contribution in [0.4, 0.5) is 23.2 Å². The number of alkyl halides is 3. The van der Waals surface area contributed by atoms with Gasteiger partial charge >= 0.3 is 12.1 Å². The molecular weight excluding hydrogens is 390 g/mol. The van der Waals surface area contributed by atoms with Crippen LogP contribution in [0.2, 0.25) is 5.02 Å². The molecule has 0 atom stereocenters. The summed E-state index contributed by atoms with van der Waals surface area (Å²) >= 11 is 5.64. The summed E-state index contributed by atoms with van der Waals surface area (Å²) < 4.78 is 77.6. The van der Waals surface area contributed by atoms with Gasteiger partial charge in [0.25, 0.3) is 10.0 Å². The van der Waals surface area contributed by atoms with Gasteiger partial charge in [-0.05, 0) is 36.4 Å². The van der Waals surface area contributed by atoms with E-state index in [0.717, 1.165) is 18.2 Å². The zero-order chi connectivity index (χ0) is 19.0. The zero-order valence-electron chi connectivity index (χ0n) is 11.9. The minimum Gasteiger partial charge on any atom is -0.478 e. The standard InChI is InChI=1S/C14H8ClF4NO4S/c15-11-3-1-7(5-9(11)13(21)22)20-25(23,24)8-2-4-12(16)10(6-8)14(17,18)19/h1-6,20H,(H,21,22). The molecule has 11 heteroatoms. The Kier molecular flexibility index (Phi) is 4.96. The Morgan fingerprint density at radius 1 is 1.12 bits per heavy atom. The molecule has 5 nitrogen and oxygen atoms in total. The van der Waals surface area contributed by atoms with Crippen LogP contribution in [0.5, 0.6) is 0 Å². The highest BCUT2D eigenvalue weighted by Gasteiger charge is 2.35. The molecule has 0 saturated carbocycles. The highest BCUT2D eigenvalue weighted by molar-refractivity contribution is 7.92. The number of benzene rings is 2. The predicted molar refractivity (Wildman–Crippen MR) is 80.6 cm³/mol. The molecule has 0 aliphatic carbocycles. The average Bonchev–Trinajstić information content (AvgIpc) is 2.47. The van der Waals surface area contributed by atoms with Gasteiger partial charge in [0.05, 0.1) is 21.0 Å².